The molecule has 6 rings (SSSR count). The number of morpholine rings is 1. The SMILES string of the molecule is Cc1cccc(-c2ccn(-c3cc(N4CCOCC4)c4nc(CN5CCC(N(C)C)CC5)sc4n3)n2)c1. The number of rotatable bonds is 6. The first-order valence-corrected chi connectivity index (χ1v) is 14.0. The van der Waals surface area contributed by atoms with Crippen LogP contribution in [0.4, 0.5) is 5.69 Å². The van der Waals surface area contributed by atoms with Crippen molar-refractivity contribution < 1.29 is 4.74 Å². The summed E-state index contributed by atoms with van der Waals surface area (Å²) in [4.78, 5) is 18.4. The van der Waals surface area contributed by atoms with Gasteiger partial charge in [-0.2, -0.15) is 5.10 Å². The molecule has 2 fully saturated rings. The van der Waals surface area contributed by atoms with Crippen molar-refractivity contribution in [2.24, 2.45) is 0 Å². The van der Waals surface area contributed by atoms with Crippen molar-refractivity contribution >= 4 is 27.4 Å². The van der Waals surface area contributed by atoms with Gasteiger partial charge in [-0.3, -0.25) is 4.90 Å². The zero-order valence-corrected chi connectivity index (χ0v) is 22.7. The van der Waals surface area contributed by atoms with Crippen LogP contribution in [0.5, 0.6) is 0 Å². The summed E-state index contributed by atoms with van der Waals surface area (Å²) in [6.07, 6.45) is 4.43. The van der Waals surface area contributed by atoms with E-state index < -0.39 is 0 Å². The number of hydrogen-bond donors (Lipinski definition) is 0. The molecule has 0 spiro atoms. The lowest BCUT2D eigenvalue weighted by Gasteiger charge is -2.34. The van der Waals surface area contributed by atoms with Crippen LogP contribution in [0, 0.1) is 6.92 Å². The summed E-state index contributed by atoms with van der Waals surface area (Å²) in [5.41, 5.74) is 5.42. The highest BCUT2D eigenvalue weighted by atomic mass is 32.1. The fourth-order valence-electron chi connectivity index (χ4n) is 5.35. The van der Waals surface area contributed by atoms with E-state index in [0.29, 0.717) is 6.04 Å². The highest BCUT2D eigenvalue weighted by Gasteiger charge is 2.24. The Hall–Kier alpha value is -2.85. The third kappa shape index (κ3) is 5.27. The first kappa shape index (κ1) is 24.5. The standard InChI is InChI=1S/C28H35N7OS/c1-20-5-4-6-21(17-20)23-9-12-35(31-23)25-18-24(34-13-15-36-16-14-34)27-28(29-25)37-26(30-27)19-33-10-7-22(8-11-33)32(2)3/h4-6,9,12,17-18,22H,7-8,10-11,13-16,19H2,1-3H3. The molecule has 0 saturated carbocycles. The maximum atomic E-state index is 5.64. The lowest BCUT2D eigenvalue weighted by Crippen LogP contribution is -2.41. The third-order valence-electron chi connectivity index (χ3n) is 7.51. The normalized spacial score (nSPS) is 17.8. The van der Waals surface area contributed by atoms with Gasteiger partial charge >= 0.3 is 0 Å². The van der Waals surface area contributed by atoms with Gasteiger partial charge in [-0.15, -0.1) is 0 Å². The zero-order chi connectivity index (χ0) is 25.4. The van der Waals surface area contributed by atoms with Crippen LogP contribution >= 0.6 is 11.3 Å². The minimum absolute atomic E-state index is 0.683. The van der Waals surface area contributed by atoms with Crippen LogP contribution in [0.15, 0.2) is 42.6 Å². The minimum Gasteiger partial charge on any atom is -0.378 e. The van der Waals surface area contributed by atoms with Gasteiger partial charge in [0.05, 0.1) is 31.1 Å². The second kappa shape index (κ2) is 10.5. The average molecular weight is 518 g/mol. The fourth-order valence-corrected chi connectivity index (χ4v) is 6.34. The zero-order valence-electron chi connectivity index (χ0n) is 21.9. The number of piperidine rings is 1. The summed E-state index contributed by atoms with van der Waals surface area (Å²) < 4.78 is 7.53. The van der Waals surface area contributed by atoms with Crippen molar-refractivity contribution in [1.82, 2.24) is 29.5 Å². The molecule has 194 valence electrons. The molecule has 9 heteroatoms. The van der Waals surface area contributed by atoms with E-state index in [0.717, 1.165) is 84.1 Å². The number of pyridine rings is 1. The van der Waals surface area contributed by atoms with E-state index >= 15 is 0 Å². The molecule has 0 N–H and O–H groups in total. The molecule has 37 heavy (non-hydrogen) atoms. The third-order valence-corrected chi connectivity index (χ3v) is 8.45. The Morgan fingerprint density at radius 3 is 2.59 bits per heavy atom. The summed E-state index contributed by atoms with van der Waals surface area (Å²) in [6.45, 7) is 8.40. The first-order chi connectivity index (χ1) is 18.0. The maximum absolute atomic E-state index is 5.64. The molecule has 0 bridgehead atoms. The van der Waals surface area contributed by atoms with Crippen molar-refractivity contribution in [3.8, 4) is 17.1 Å². The quantitative estimate of drug-likeness (QED) is 0.380. The van der Waals surface area contributed by atoms with E-state index in [-0.39, 0.29) is 0 Å². The average Bonchev–Trinajstić information content (AvgIpc) is 3.56. The van der Waals surface area contributed by atoms with Crippen molar-refractivity contribution in [3.05, 3.63) is 53.2 Å². The largest absolute Gasteiger partial charge is 0.378 e. The van der Waals surface area contributed by atoms with Gasteiger partial charge in [0.2, 0.25) is 0 Å². The highest BCUT2D eigenvalue weighted by molar-refractivity contribution is 7.18. The Morgan fingerprint density at radius 1 is 1.03 bits per heavy atom. The Bertz CT molecular complexity index is 1370. The summed E-state index contributed by atoms with van der Waals surface area (Å²) >= 11 is 1.72. The molecule has 0 amide bonds. The molecule has 4 aromatic rings. The van der Waals surface area contributed by atoms with E-state index in [1.54, 1.807) is 11.3 Å². The van der Waals surface area contributed by atoms with Crippen LogP contribution in [0.25, 0.3) is 27.4 Å². The Morgan fingerprint density at radius 2 is 1.84 bits per heavy atom. The topological polar surface area (TPSA) is 62.6 Å². The minimum atomic E-state index is 0.683. The molecule has 1 aromatic carbocycles. The van der Waals surface area contributed by atoms with E-state index in [9.17, 15) is 0 Å². The molecule has 5 heterocycles. The van der Waals surface area contributed by atoms with Gasteiger partial charge in [0, 0.05) is 50.0 Å². The molecule has 0 radical (unpaired) electrons. The molecule has 2 aliphatic heterocycles. The number of thiazole rings is 1. The van der Waals surface area contributed by atoms with Crippen molar-refractivity contribution in [2.45, 2.75) is 32.4 Å². The summed E-state index contributed by atoms with van der Waals surface area (Å²) in [5, 5.41) is 6.03. The van der Waals surface area contributed by atoms with E-state index in [1.807, 2.05) is 10.9 Å². The molecule has 8 nitrogen and oxygen atoms in total. The number of aromatic nitrogens is 4. The number of nitrogens with zero attached hydrogens (tertiary/aromatic N) is 7. The molecule has 0 atom stereocenters. The molecule has 0 unspecified atom stereocenters. The van der Waals surface area contributed by atoms with Crippen LogP contribution < -0.4 is 4.90 Å². The molecule has 2 aliphatic rings. The smallest absolute Gasteiger partial charge is 0.157 e. The molecular weight excluding hydrogens is 482 g/mol. The van der Waals surface area contributed by atoms with Gasteiger partial charge in [0.25, 0.3) is 0 Å². The van der Waals surface area contributed by atoms with Crippen molar-refractivity contribution in [3.63, 3.8) is 0 Å². The molecule has 2 saturated heterocycles. The first-order valence-electron chi connectivity index (χ1n) is 13.2. The van der Waals surface area contributed by atoms with Gasteiger partial charge in [-0.1, -0.05) is 35.1 Å². The summed E-state index contributed by atoms with van der Waals surface area (Å²) in [7, 11) is 4.38. The summed E-state index contributed by atoms with van der Waals surface area (Å²) in [5.74, 6) is 0.829. The lowest BCUT2D eigenvalue weighted by molar-refractivity contribution is 0.123. The predicted octanol–water partition coefficient (Wildman–Crippen LogP) is 4.22. The fraction of sp³-hybridized carbons (Fsp3) is 0.464. The number of fused-ring (bicyclic) bond motifs is 1. The Labute approximate surface area is 222 Å². The van der Waals surface area contributed by atoms with Crippen LogP contribution in [0.3, 0.4) is 0 Å². The second-order valence-electron chi connectivity index (χ2n) is 10.3. The van der Waals surface area contributed by atoms with Crippen LogP contribution in [0.1, 0.15) is 23.4 Å². The van der Waals surface area contributed by atoms with E-state index in [2.05, 4.69) is 72.1 Å². The van der Waals surface area contributed by atoms with Crippen LogP contribution in [-0.4, -0.2) is 89.1 Å². The Kier molecular flexibility index (Phi) is 6.94. The lowest BCUT2D eigenvalue weighted by atomic mass is 10.0. The van der Waals surface area contributed by atoms with Crippen molar-refractivity contribution in [2.75, 3.05) is 58.4 Å². The van der Waals surface area contributed by atoms with Gasteiger partial charge in [-0.25, -0.2) is 14.6 Å². The highest BCUT2D eigenvalue weighted by Crippen LogP contribution is 2.33. The van der Waals surface area contributed by atoms with Gasteiger partial charge < -0.3 is 14.5 Å². The van der Waals surface area contributed by atoms with Crippen LogP contribution in [-0.2, 0) is 11.3 Å². The number of ether oxygens (including phenoxy) is 1. The number of benzene rings is 1. The number of hydrogen-bond acceptors (Lipinski definition) is 8. The van der Waals surface area contributed by atoms with Crippen LogP contribution in [0.2, 0.25) is 0 Å². The maximum Gasteiger partial charge on any atom is 0.157 e. The molecule has 0 aliphatic carbocycles. The van der Waals surface area contributed by atoms with E-state index in [1.165, 1.54) is 18.4 Å². The van der Waals surface area contributed by atoms with Gasteiger partial charge in [0.15, 0.2) is 5.82 Å². The van der Waals surface area contributed by atoms with E-state index in [4.69, 9.17) is 19.8 Å². The number of likely N-dealkylation sites (tertiary alicyclic amines) is 1. The van der Waals surface area contributed by atoms with Crippen molar-refractivity contribution in [1.29, 1.82) is 0 Å². The molecule has 3 aromatic heterocycles. The second-order valence-corrected chi connectivity index (χ2v) is 11.4. The number of aryl methyl sites for hydroxylation is 1. The summed E-state index contributed by atoms with van der Waals surface area (Å²) in [6, 6.07) is 13.3. The predicted molar refractivity (Wildman–Crippen MR) is 150 cm³/mol. The Balaban J connectivity index is 1.32. The number of anilines is 1. The van der Waals surface area contributed by atoms with Gasteiger partial charge in [0.1, 0.15) is 15.4 Å². The monoisotopic (exact) mass is 517 g/mol. The molecular formula is C28H35N7OS. The van der Waals surface area contributed by atoms with Gasteiger partial charge in [-0.05, 0) is 46.0 Å².